The van der Waals surface area contributed by atoms with Crippen molar-refractivity contribution < 1.29 is 4.79 Å². The fourth-order valence-electron chi connectivity index (χ4n) is 3.40. The molecule has 0 aliphatic rings. The van der Waals surface area contributed by atoms with Crippen LogP contribution < -0.4 is 5.30 Å². The number of rotatable bonds is 6. The lowest BCUT2D eigenvalue weighted by atomic mass is 10.0. The summed E-state index contributed by atoms with van der Waals surface area (Å²) in [5, 5.41) is 1.38. The van der Waals surface area contributed by atoms with Gasteiger partial charge in [0, 0.05) is 20.0 Å². The summed E-state index contributed by atoms with van der Waals surface area (Å²) in [6, 6.07) is 15.3. The molecular formula is C22H30NOP. The van der Waals surface area contributed by atoms with E-state index in [2.05, 4.69) is 70.2 Å². The van der Waals surface area contributed by atoms with Crippen LogP contribution in [-0.2, 0) is 11.0 Å². The zero-order chi connectivity index (χ0) is 18.6. The molecule has 134 valence electrons. The normalized spacial score (nSPS) is 13.4. The van der Waals surface area contributed by atoms with Crippen LogP contribution in [0.3, 0.4) is 0 Å². The summed E-state index contributed by atoms with van der Waals surface area (Å²) in [4.78, 5) is 14.1. The first kappa shape index (κ1) is 19.7. The molecule has 1 amide bonds. The monoisotopic (exact) mass is 355 g/mol. The molecule has 0 heterocycles. The number of hydrogen-bond donors (Lipinski definition) is 0. The Kier molecular flexibility index (Phi) is 6.79. The van der Waals surface area contributed by atoms with Crippen LogP contribution >= 0.6 is 7.92 Å². The van der Waals surface area contributed by atoms with Gasteiger partial charge in [0.2, 0.25) is 5.91 Å². The van der Waals surface area contributed by atoms with Gasteiger partial charge in [-0.05, 0) is 55.1 Å². The number of aryl methyl sites for hydroxylation is 3. The van der Waals surface area contributed by atoms with Crippen molar-refractivity contribution in [3.05, 3.63) is 64.7 Å². The minimum Gasteiger partial charge on any atom is -0.349 e. The standard InChI is InChI=1S/C22H30NOP/c1-16-12-17(2)21(18(3)13-16)15-25(20-10-8-7-9-11-20)14-19(4)22(24)23(5)6/h7-13,19H,14-15H2,1-6H3. The molecule has 0 bridgehead atoms. The van der Waals surface area contributed by atoms with Crippen molar-refractivity contribution in [3.8, 4) is 0 Å². The van der Waals surface area contributed by atoms with Gasteiger partial charge in [-0.15, -0.1) is 0 Å². The highest BCUT2D eigenvalue weighted by Crippen LogP contribution is 2.42. The molecular weight excluding hydrogens is 325 g/mol. The average Bonchev–Trinajstić information content (AvgIpc) is 2.56. The van der Waals surface area contributed by atoms with Crippen molar-refractivity contribution in [2.75, 3.05) is 20.3 Å². The van der Waals surface area contributed by atoms with Crippen LogP contribution in [-0.4, -0.2) is 31.1 Å². The number of carbonyl (C=O) groups is 1. The lowest BCUT2D eigenvalue weighted by Crippen LogP contribution is -2.30. The molecule has 0 aliphatic carbocycles. The Balaban J connectivity index is 2.32. The molecule has 0 aliphatic heterocycles. The van der Waals surface area contributed by atoms with Crippen LogP contribution in [0.4, 0.5) is 0 Å². The second-order valence-corrected chi connectivity index (χ2v) is 9.50. The quantitative estimate of drug-likeness (QED) is 0.691. The second kappa shape index (κ2) is 8.63. The van der Waals surface area contributed by atoms with Crippen LogP contribution in [0.15, 0.2) is 42.5 Å². The van der Waals surface area contributed by atoms with Crippen LogP contribution in [0.25, 0.3) is 0 Å². The maximum absolute atomic E-state index is 12.4. The molecule has 0 saturated heterocycles. The van der Waals surface area contributed by atoms with E-state index in [-0.39, 0.29) is 11.8 Å². The van der Waals surface area contributed by atoms with E-state index in [0.717, 1.165) is 12.3 Å². The molecule has 0 aromatic heterocycles. The van der Waals surface area contributed by atoms with Gasteiger partial charge in [0.25, 0.3) is 0 Å². The Morgan fingerprint density at radius 1 is 1.04 bits per heavy atom. The molecule has 3 heteroatoms. The third-order valence-corrected chi connectivity index (χ3v) is 7.38. The third-order valence-electron chi connectivity index (χ3n) is 4.67. The van der Waals surface area contributed by atoms with Crippen molar-refractivity contribution in [1.29, 1.82) is 0 Å². The maximum atomic E-state index is 12.4. The van der Waals surface area contributed by atoms with E-state index in [1.54, 1.807) is 4.90 Å². The number of amides is 1. The van der Waals surface area contributed by atoms with Gasteiger partial charge in [0.15, 0.2) is 0 Å². The van der Waals surface area contributed by atoms with Crippen molar-refractivity contribution in [2.45, 2.75) is 33.9 Å². The van der Waals surface area contributed by atoms with E-state index in [9.17, 15) is 4.79 Å². The molecule has 2 aromatic carbocycles. The maximum Gasteiger partial charge on any atom is 0.225 e. The molecule has 2 nitrogen and oxygen atoms in total. The molecule has 0 fully saturated rings. The van der Waals surface area contributed by atoms with Gasteiger partial charge in [-0.1, -0.05) is 62.9 Å². The summed E-state index contributed by atoms with van der Waals surface area (Å²) in [5.74, 6) is 0.271. The highest BCUT2D eigenvalue weighted by Gasteiger charge is 2.22. The van der Waals surface area contributed by atoms with Gasteiger partial charge in [-0.2, -0.15) is 0 Å². The van der Waals surface area contributed by atoms with Crippen LogP contribution in [0.2, 0.25) is 0 Å². The minimum atomic E-state index is -0.418. The van der Waals surface area contributed by atoms with E-state index in [4.69, 9.17) is 0 Å². The highest BCUT2D eigenvalue weighted by molar-refractivity contribution is 7.64. The number of nitrogens with zero attached hydrogens (tertiary/aromatic N) is 1. The summed E-state index contributed by atoms with van der Waals surface area (Å²) in [6.45, 7) is 8.64. The Morgan fingerprint density at radius 3 is 2.12 bits per heavy atom. The molecule has 25 heavy (non-hydrogen) atoms. The van der Waals surface area contributed by atoms with Gasteiger partial charge in [0.1, 0.15) is 0 Å². The molecule has 2 atom stereocenters. The summed E-state index contributed by atoms with van der Waals surface area (Å²) in [5.41, 5.74) is 5.50. The van der Waals surface area contributed by atoms with Gasteiger partial charge in [-0.3, -0.25) is 4.79 Å². The predicted octanol–water partition coefficient (Wildman–Crippen LogP) is 4.64. The Labute approximate surface area is 154 Å². The Hall–Kier alpha value is -1.66. The lowest BCUT2D eigenvalue weighted by molar-refractivity contribution is -0.131. The summed E-state index contributed by atoms with van der Waals surface area (Å²) < 4.78 is 0. The molecule has 0 N–H and O–H groups in total. The van der Waals surface area contributed by atoms with Crippen molar-refractivity contribution >= 4 is 19.1 Å². The summed E-state index contributed by atoms with van der Waals surface area (Å²) in [7, 11) is 3.27. The molecule has 0 radical (unpaired) electrons. The van der Waals surface area contributed by atoms with E-state index in [0.29, 0.717) is 0 Å². The van der Waals surface area contributed by atoms with Crippen LogP contribution in [0.1, 0.15) is 29.2 Å². The number of carbonyl (C=O) groups excluding carboxylic acids is 1. The SMILES string of the molecule is Cc1cc(C)c(CP(CC(C)C(=O)N(C)C)c2ccccc2)c(C)c1. The fraction of sp³-hybridized carbons (Fsp3) is 0.409. The zero-order valence-electron chi connectivity index (χ0n) is 16.3. The lowest BCUT2D eigenvalue weighted by Gasteiger charge is -2.25. The second-order valence-electron chi connectivity index (χ2n) is 7.23. The molecule has 2 rings (SSSR count). The topological polar surface area (TPSA) is 20.3 Å². The zero-order valence-corrected chi connectivity index (χ0v) is 17.2. The molecule has 2 unspecified atom stereocenters. The molecule has 0 saturated carbocycles. The minimum absolute atomic E-state index is 0.0485. The van der Waals surface area contributed by atoms with Gasteiger partial charge in [0.05, 0.1) is 0 Å². The average molecular weight is 355 g/mol. The van der Waals surface area contributed by atoms with Crippen LogP contribution in [0.5, 0.6) is 0 Å². The van der Waals surface area contributed by atoms with Gasteiger partial charge >= 0.3 is 0 Å². The smallest absolute Gasteiger partial charge is 0.225 e. The number of hydrogen-bond acceptors (Lipinski definition) is 1. The fourth-order valence-corrected chi connectivity index (χ4v) is 6.21. The molecule has 0 spiro atoms. The largest absolute Gasteiger partial charge is 0.349 e. The first-order chi connectivity index (χ1) is 11.8. The third kappa shape index (κ3) is 5.16. The Bertz CT molecular complexity index is 701. The van der Waals surface area contributed by atoms with Crippen LogP contribution in [0, 0.1) is 26.7 Å². The van der Waals surface area contributed by atoms with E-state index in [1.165, 1.54) is 27.6 Å². The number of benzene rings is 2. The van der Waals surface area contributed by atoms with Crippen molar-refractivity contribution in [2.24, 2.45) is 5.92 Å². The van der Waals surface area contributed by atoms with Crippen molar-refractivity contribution in [1.82, 2.24) is 4.90 Å². The van der Waals surface area contributed by atoms with E-state index in [1.807, 2.05) is 14.1 Å². The predicted molar refractivity (Wildman–Crippen MR) is 110 cm³/mol. The van der Waals surface area contributed by atoms with E-state index >= 15 is 0 Å². The first-order valence-electron chi connectivity index (χ1n) is 8.87. The van der Waals surface area contributed by atoms with Gasteiger partial charge < -0.3 is 4.90 Å². The van der Waals surface area contributed by atoms with E-state index < -0.39 is 7.92 Å². The first-order valence-corrected chi connectivity index (χ1v) is 10.6. The summed E-state index contributed by atoms with van der Waals surface area (Å²) >= 11 is 0. The Morgan fingerprint density at radius 2 is 1.60 bits per heavy atom. The van der Waals surface area contributed by atoms with Crippen molar-refractivity contribution in [3.63, 3.8) is 0 Å². The van der Waals surface area contributed by atoms with Gasteiger partial charge in [-0.25, -0.2) is 0 Å². The molecule has 2 aromatic rings. The summed E-state index contributed by atoms with van der Waals surface area (Å²) in [6.07, 6.45) is 1.98. The highest BCUT2D eigenvalue weighted by atomic mass is 31.1.